The second kappa shape index (κ2) is 5.99. The molecule has 0 aromatic carbocycles. The van der Waals surface area contributed by atoms with Crippen LogP contribution < -0.4 is 10.2 Å². The SMILES string of the molecule is Cc1cc(NC(=O)CN(C)c2nc3ccccn3c2[N+](=O)[O-])no1. The van der Waals surface area contributed by atoms with Crippen molar-refractivity contribution in [2.24, 2.45) is 0 Å². The Kier molecular flexibility index (Phi) is 3.86. The van der Waals surface area contributed by atoms with Gasteiger partial charge in [-0.2, -0.15) is 9.38 Å². The number of aromatic nitrogens is 3. The van der Waals surface area contributed by atoms with Gasteiger partial charge in [-0.05, 0) is 17.9 Å². The summed E-state index contributed by atoms with van der Waals surface area (Å²) in [4.78, 5) is 28.6. The number of imidazole rings is 1. The summed E-state index contributed by atoms with van der Waals surface area (Å²) < 4.78 is 6.23. The number of hydrogen-bond acceptors (Lipinski definition) is 7. The molecule has 3 aromatic rings. The number of carbonyl (C=O) groups excluding carboxylic acids is 1. The predicted molar refractivity (Wildman–Crippen MR) is 85.0 cm³/mol. The largest absolute Gasteiger partial charge is 0.372 e. The van der Waals surface area contributed by atoms with E-state index < -0.39 is 10.8 Å². The second-order valence-corrected chi connectivity index (χ2v) is 5.17. The summed E-state index contributed by atoms with van der Waals surface area (Å²) in [6.45, 7) is 1.57. The fraction of sp³-hybridized carbons (Fsp3) is 0.214. The van der Waals surface area contributed by atoms with Crippen molar-refractivity contribution < 1.29 is 14.2 Å². The minimum atomic E-state index is -0.523. The zero-order valence-electron chi connectivity index (χ0n) is 13.0. The lowest BCUT2D eigenvalue weighted by atomic mass is 10.4. The number of carbonyl (C=O) groups is 1. The molecule has 0 aliphatic rings. The lowest BCUT2D eigenvalue weighted by molar-refractivity contribution is -0.389. The van der Waals surface area contributed by atoms with E-state index in [1.165, 1.54) is 9.30 Å². The van der Waals surface area contributed by atoms with E-state index in [2.05, 4.69) is 15.5 Å². The van der Waals surface area contributed by atoms with E-state index in [-0.39, 0.29) is 24.0 Å². The van der Waals surface area contributed by atoms with Crippen molar-refractivity contribution in [3.63, 3.8) is 0 Å². The normalized spacial score (nSPS) is 10.8. The van der Waals surface area contributed by atoms with Crippen LogP contribution in [-0.2, 0) is 4.79 Å². The fourth-order valence-corrected chi connectivity index (χ4v) is 2.29. The van der Waals surface area contributed by atoms with Crippen LogP contribution >= 0.6 is 0 Å². The maximum Gasteiger partial charge on any atom is 0.372 e. The van der Waals surface area contributed by atoms with Gasteiger partial charge in [0.25, 0.3) is 0 Å². The summed E-state index contributed by atoms with van der Waals surface area (Å²) in [5.74, 6) is 0.373. The van der Waals surface area contributed by atoms with Crippen LogP contribution in [0, 0.1) is 17.0 Å². The van der Waals surface area contributed by atoms with Crippen LogP contribution in [0.15, 0.2) is 35.0 Å². The topological polar surface area (TPSA) is 119 Å². The van der Waals surface area contributed by atoms with Crippen LogP contribution in [-0.4, -0.2) is 39.0 Å². The molecule has 124 valence electrons. The smallest absolute Gasteiger partial charge is 0.360 e. The molecular formula is C14H14N6O4. The standard InChI is InChI=1S/C14H14N6O4/c1-9-7-10(17-24-9)15-12(21)8-18(2)13-14(20(22)23)19-6-4-3-5-11(19)16-13/h3-7H,8H2,1-2H3,(H,15,17,21). The molecule has 0 saturated carbocycles. The molecule has 0 aliphatic carbocycles. The van der Waals surface area contributed by atoms with Crippen molar-refractivity contribution >= 4 is 29.0 Å². The summed E-state index contributed by atoms with van der Waals surface area (Å²) in [7, 11) is 1.56. The third-order valence-electron chi connectivity index (χ3n) is 3.30. The summed E-state index contributed by atoms with van der Waals surface area (Å²) >= 11 is 0. The van der Waals surface area contributed by atoms with Crippen molar-refractivity contribution in [1.29, 1.82) is 0 Å². The quantitative estimate of drug-likeness (QED) is 0.557. The summed E-state index contributed by atoms with van der Waals surface area (Å²) in [5, 5.41) is 17.6. The Bertz CT molecular complexity index is 915. The number of anilines is 2. The van der Waals surface area contributed by atoms with Crippen LogP contribution in [0.25, 0.3) is 5.65 Å². The van der Waals surface area contributed by atoms with Gasteiger partial charge in [0.05, 0.1) is 12.7 Å². The molecule has 3 rings (SSSR count). The number of hydrogen-bond donors (Lipinski definition) is 1. The Morgan fingerprint density at radius 1 is 1.50 bits per heavy atom. The van der Waals surface area contributed by atoms with Crippen molar-refractivity contribution in [3.8, 4) is 0 Å². The van der Waals surface area contributed by atoms with E-state index in [4.69, 9.17) is 4.52 Å². The van der Waals surface area contributed by atoms with Crippen LogP contribution in [0.4, 0.5) is 17.5 Å². The molecule has 3 aromatic heterocycles. The average Bonchev–Trinajstić information content (AvgIpc) is 3.10. The molecule has 0 bridgehead atoms. The van der Waals surface area contributed by atoms with E-state index in [0.29, 0.717) is 11.4 Å². The van der Waals surface area contributed by atoms with Gasteiger partial charge in [-0.3, -0.25) is 4.79 Å². The molecule has 0 fully saturated rings. The number of nitrogens with zero attached hydrogens (tertiary/aromatic N) is 5. The molecule has 10 nitrogen and oxygen atoms in total. The van der Waals surface area contributed by atoms with Gasteiger partial charge in [0.2, 0.25) is 17.4 Å². The number of fused-ring (bicyclic) bond motifs is 1. The lowest BCUT2D eigenvalue weighted by Gasteiger charge is -2.14. The van der Waals surface area contributed by atoms with Gasteiger partial charge >= 0.3 is 5.82 Å². The van der Waals surface area contributed by atoms with Gasteiger partial charge < -0.3 is 24.9 Å². The summed E-state index contributed by atoms with van der Waals surface area (Å²) in [5.41, 5.74) is 0.429. The molecule has 10 heteroatoms. The van der Waals surface area contributed by atoms with Gasteiger partial charge in [0.1, 0.15) is 5.76 Å². The Balaban J connectivity index is 1.83. The predicted octanol–water partition coefficient (Wildman–Crippen LogP) is 1.61. The van der Waals surface area contributed by atoms with Crippen molar-refractivity contribution in [2.45, 2.75) is 6.92 Å². The zero-order valence-corrected chi connectivity index (χ0v) is 13.0. The average molecular weight is 330 g/mol. The van der Waals surface area contributed by atoms with Gasteiger partial charge in [-0.15, -0.1) is 0 Å². The monoisotopic (exact) mass is 330 g/mol. The van der Waals surface area contributed by atoms with Crippen molar-refractivity contribution in [3.05, 3.63) is 46.3 Å². The molecule has 0 unspecified atom stereocenters. The Morgan fingerprint density at radius 3 is 2.96 bits per heavy atom. The first-order valence-electron chi connectivity index (χ1n) is 7.01. The van der Waals surface area contributed by atoms with Crippen LogP contribution in [0.1, 0.15) is 5.76 Å². The van der Waals surface area contributed by atoms with Gasteiger partial charge in [0.15, 0.2) is 5.82 Å². The minimum absolute atomic E-state index is 0.109. The summed E-state index contributed by atoms with van der Waals surface area (Å²) in [6.07, 6.45) is 1.55. The molecule has 1 N–H and O–H groups in total. The minimum Gasteiger partial charge on any atom is -0.360 e. The molecule has 0 atom stereocenters. The molecule has 3 heterocycles. The van der Waals surface area contributed by atoms with E-state index in [9.17, 15) is 14.9 Å². The lowest BCUT2D eigenvalue weighted by Crippen LogP contribution is -2.30. The molecule has 0 spiro atoms. The number of rotatable bonds is 5. The highest BCUT2D eigenvalue weighted by molar-refractivity contribution is 5.93. The fourth-order valence-electron chi connectivity index (χ4n) is 2.29. The number of aryl methyl sites for hydroxylation is 1. The summed E-state index contributed by atoms with van der Waals surface area (Å²) in [6, 6.07) is 6.63. The zero-order chi connectivity index (χ0) is 17.3. The first-order valence-corrected chi connectivity index (χ1v) is 7.01. The molecule has 0 radical (unpaired) electrons. The van der Waals surface area contributed by atoms with E-state index in [1.807, 2.05) is 0 Å². The van der Waals surface area contributed by atoms with Crippen LogP contribution in [0.3, 0.4) is 0 Å². The van der Waals surface area contributed by atoms with Crippen molar-refractivity contribution in [2.75, 3.05) is 23.8 Å². The van der Waals surface area contributed by atoms with Gasteiger partial charge in [-0.25, -0.2) is 0 Å². The first kappa shape index (κ1) is 15.5. The number of nitrogens with one attached hydrogen (secondary N) is 1. The molecule has 0 aliphatic heterocycles. The number of nitro groups is 1. The van der Waals surface area contributed by atoms with Gasteiger partial charge in [0, 0.05) is 19.2 Å². The maximum absolute atomic E-state index is 12.1. The Labute approximate surface area is 135 Å². The maximum atomic E-state index is 12.1. The van der Waals surface area contributed by atoms with E-state index >= 15 is 0 Å². The molecule has 24 heavy (non-hydrogen) atoms. The highest BCUT2D eigenvalue weighted by Crippen LogP contribution is 2.27. The van der Waals surface area contributed by atoms with E-state index in [1.54, 1.807) is 44.4 Å². The van der Waals surface area contributed by atoms with Gasteiger partial charge in [-0.1, -0.05) is 11.2 Å². The highest BCUT2D eigenvalue weighted by atomic mass is 16.6. The third-order valence-corrected chi connectivity index (χ3v) is 3.30. The number of likely N-dealkylation sites (N-methyl/N-ethyl adjacent to an activating group) is 1. The highest BCUT2D eigenvalue weighted by Gasteiger charge is 2.26. The molecule has 1 amide bonds. The Hall–Kier alpha value is -3.43. The Morgan fingerprint density at radius 2 is 2.29 bits per heavy atom. The van der Waals surface area contributed by atoms with Crippen molar-refractivity contribution in [1.82, 2.24) is 14.5 Å². The van der Waals surface area contributed by atoms with E-state index in [0.717, 1.165) is 0 Å². The molecular weight excluding hydrogens is 316 g/mol. The second-order valence-electron chi connectivity index (χ2n) is 5.17. The third kappa shape index (κ3) is 2.89. The number of pyridine rings is 1. The molecule has 0 saturated heterocycles. The number of amides is 1. The van der Waals surface area contributed by atoms with Crippen LogP contribution in [0.2, 0.25) is 0 Å². The van der Waals surface area contributed by atoms with Crippen LogP contribution in [0.5, 0.6) is 0 Å². The first-order chi connectivity index (χ1) is 11.5.